The normalized spacial score (nSPS) is 10.9. The van der Waals surface area contributed by atoms with Gasteiger partial charge in [-0.1, -0.05) is 0 Å². The van der Waals surface area contributed by atoms with Crippen LogP contribution in [-0.4, -0.2) is 20.3 Å². The fraction of sp³-hybridized carbons (Fsp3) is 0.136. The summed E-state index contributed by atoms with van der Waals surface area (Å²) >= 11 is 0. The quantitative estimate of drug-likeness (QED) is 0.513. The lowest BCUT2D eigenvalue weighted by Crippen LogP contribution is -1.99. The van der Waals surface area contributed by atoms with Gasteiger partial charge in [-0.05, 0) is 49.4 Å². The van der Waals surface area contributed by atoms with Crippen LogP contribution in [0.4, 0.5) is 16.0 Å². The summed E-state index contributed by atoms with van der Waals surface area (Å²) in [5.41, 5.74) is 3.09. The van der Waals surface area contributed by atoms with Crippen LogP contribution in [0.25, 0.3) is 11.0 Å². The molecule has 6 nitrogen and oxygen atoms in total. The zero-order chi connectivity index (χ0) is 20.4. The van der Waals surface area contributed by atoms with Crippen LogP contribution >= 0.6 is 0 Å². The Morgan fingerprint density at radius 1 is 1.10 bits per heavy atom. The lowest BCUT2D eigenvalue weighted by atomic mass is 10.2. The number of hydrogen-bond acceptors (Lipinski definition) is 5. The molecule has 2 heterocycles. The standard InChI is InChI=1S/C22H19FN4O2/c1-14(28)11-17-12-19(9-10-24-17)29-18-7-8-21-20(13-18)26-22(27(21)2)25-16-5-3-15(23)4-6-16/h3-10,12-13H,11H2,1-2H3,(H,25,26). The average molecular weight is 390 g/mol. The van der Waals surface area contributed by atoms with Gasteiger partial charge in [-0.3, -0.25) is 9.78 Å². The smallest absolute Gasteiger partial charge is 0.208 e. The molecular formula is C22H19FN4O2. The van der Waals surface area contributed by atoms with Crippen molar-refractivity contribution in [3.63, 3.8) is 0 Å². The van der Waals surface area contributed by atoms with Gasteiger partial charge in [-0.2, -0.15) is 0 Å². The Bertz CT molecular complexity index is 1190. The molecule has 0 aliphatic heterocycles. The Balaban J connectivity index is 1.58. The van der Waals surface area contributed by atoms with Crippen LogP contribution < -0.4 is 10.1 Å². The second-order valence-electron chi connectivity index (χ2n) is 6.74. The minimum Gasteiger partial charge on any atom is -0.457 e. The van der Waals surface area contributed by atoms with Crippen molar-refractivity contribution in [3.8, 4) is 11.5 Å². The van der Waals surface area contributed by atoms with E-state index in [4.69, 9.17) is 4.74 Å². The predicted octanol–water partition coefficient (Wildman–Crippen LogP) is 4.77. The lowest BCUT2D eigenvalue weighted by Gasteiger charge is -2.07. The van der Waals surface area contributed by atoms with E-state index in [9.17, 15) is 9.18 Å². The molecule has 29 heavy (non-hydrogen) atoms. The molecule has 2 aromatic carbocycles. The maximum atomic E-state index is 13.1. The Hall–Kier alpha value is -3.74. The maximum absolute atomic E-state index is 13.1. The van der Waals surface area contributed by atoms with Crippen molar-refractivity contribution in [2.24, 2.45) is 7.05 Å². The minimum atomic E-state index is -0.287. The first-order chi connectivity index (χ1) is 14.0. The number of pyridine rings is 1. The zero-order valence-corrected chi connectivity index (χ0v) is 16.0. The van der Waals surface area contributed by atoms with E-state index >= 15 is 0 Å². The molecule has 4 aromatic rings. The van der Waals surface area contributed by atoms with Crippen LogP contribution in [0.1, 0.15) is 12.6 Å². The van der Waals surface area contributed by atoms with Crippen LogP contribution in [0.5, 0.6) is 11.5 Å². The van der Waals surface area contributed by atoms with Gasteiger partial charge in [0.15, 0.2) is 0 Å². The van der Waals surface area contributed by atoms with E-state index in [0.29, 0.717) is 23.1 Å². The number of Topliss-reactive ketones (excluding diaryl/α,β-unsaturated/α-hetero) is 1. The Labute approximate surface area is 167 Å². The number of ketones is 1. The number of nitrogens with one attached hydrogen (secondary N) is 1. The molecule has 0 saturated heterocycles. The number of ether oxygens (including phenoxy) is 1. The number of halogens is 1. The van der Waals surface area contributed by atoms with Gasteiger partial charge in [-0.25, -0.2) is 9.37 Å². The first kappa shape index (κ1) is 18.6. The second kappa shape index (κ2) is 7.71. The summed E-state index contributed by atoms with van der Waals surface area (Å²) in [6.07, 6.45) is 1.90. The molecule has 0 atom stereocenters. The fourth-order valence-electron chi connectivity index (χ4n) is 3.02. The molecule has 0 unspecified atom stereocenters. The van der Waals surface area contributed by atoms with Gasteiger partial charge in [0.1, 0.15) is 23.1 Å². The topological polar surface area (TPSA) is 69.0 Å². The summed E-state index contributed by atoms with van der Waals surface area (Å²) < 4.78 is 20.9. The maximum Gasteiger partial charge on any atom is 0.208 e. The number of rotatable bonds is 6. The molecule has 7 heteroatoms. The third-order valence-corrected chi connectivity index (χ3v) is 4.41. The summed E-state index contributed by atoms with van der Waals surface area (Å²) in [4.78, 5) is 20.1. The van der Waals surface area contributed by atoms with Crippen LogP contribution in [0.3, 0.4) is 0 Å². The van der Waals surface area contributed by atoms with Gasteiger partial charge in [0, 0.05) is 37.5 Å². The van der Waals surface area contributed by atoms with Crippen molar-refractivity contribution in [2.45, 2.75) is 13.3 Å². The van der Waals surface area contributed by atoms with E-state index in [1.54, 1.807) is 30.5 Å². The SMILES string of the molecule is CC(=O)Cc1cc(Oc2ccc3c(c2)nc(Nc2ccc(F)cc2)n3C)ccn1. The molecule has 0 saturated carbocycles. The molecule has 0 bridgehead atoms. The molecule has 0 fully saturated rings. The molecule has 0 radical (unpaired) electrons. The van der Waals surface area contributed by atoms with Crippen LogP contribution in [-0.2, 0) is 18.3 Å². The first-order valence-corrected chi connectivity index (χ1v) is 9.09. The highest BCUT2D eigenvalue weighted by molar-refractivity contribution is 5.81. The van der Waals surface area contributed by atoms with Crippen molar-refractivity contribution in [1.82, 2.24) is 14.5 Å². The van der Waals surface area contributed by atoms with Gasteiger partial charge in [0.05, 0.1) is 16.7 Å². The zero-order valence-electron chi connectivity index (χ0n) is 16.0. The van der Waals surface area contributed by atoms with Crippen molar-refractivity contribution < 1.29 is 13.9 Å². The molecule has 0 aliphatic carbocycles. The third kappa shape index (κ3) is 4.24. The second-order valence-corrected chi connectivity index (χ2v) is 6.74. The number of fused-ring (bicyclic) bond motifs is 1. The number of nitrogens with zero attached hydrogens (tertiary/aromatic N) is 3. The number of benzene rings is 2. The van der Waals surface area contributed by atoms with E-state index in [2.05, 4.69) is 15.3 Å². The highest BCUT2D eigenvalue weighted by Crippen LogP contribution is 2.28. The van der Waals surface area contributed by atoms with Gasteiger partial charge in [0.25, 0.3) is 0 Å². The molecule has 0 spiro atoms. The van der Waals surface area contributed by atoms with Crippen LogP contribution in [0.2, 0.25) is 0 Å². The minimum absolute atomic E-state index is 0.0470. The fourth-order valence-corrected chi connectivity index (χ4v) is 3.02. The van der Waals surface area contributed by atoms with E-state index in [0.717, 1.165) is 16.7 Å². The molecule has 2 aromatic heterocycles. The van der Waals surface area contributed by atoms with Gasteiger partial charge >= 0.3 is 0 Å². The molecule has 146 valence electrons. The van der Waals surface area contributed by atoms with Gasteiger partial charge < -0.3 is 14.6 Å². The van der Waals surface area contributed by atoms with Crippen molar-refractivity contribution in [2.75, 3.05) is 5.32 Å². The summed E-state index contributed by atoms with van der Waals surface area (Å²) in [6.45, 7) is 1.53. The number of hydrogen-bond donors (Lipinski definition) is 1. The highest BCUT2D eigenvalue weighted by atomic mass is 19.1. The lowest BCUT2D eigenvalue weighted by molar-refractivity contribution is -0.116. The van der Waals surface area contributed by atoms with Crippen molar-refractivity contribution >= 4 is 28.5 Å². The van der Waals surface area contributed by atoms with Crippen LogP contribution in [0, 0.1) is 5.82 Å². The van der Waals surface area contributed by atoms with Gasteiger partial charge in [-0.15, -0.1) is 0 Å². The number of imidazole rings is 1. The summed E-state index contributed by atoms with van der Waals surface area (Å²) in [5.74, 6) is 1.63. The largest absolute Gasteiger partial charge is 0.457 e. The van der Waals surface area contributed by atoms with Crippen molar-refractivity contribution in [1.29, 1.82) is 0 Å². The molecule has 0 amide bonds. The summed E-state index contributed by atoms with van der Waals surface area (Å²) in [7, 11) is 1.90. The summed E-state index contributed by atoms with van der Waals surface area (Å²) in [5, 5.41) is 3.19. The monoisotopic (exact) mass is 390 g/mol. The van der Waals surface area contributed by atoms with Gasteiger partial charge in [0.2, 0.25) is 5.95 Å². The molecule has 4 rings (SSSR count). The highest BCUT2D eigenvalue weighted by Gasteiger charge is 2.10. The number of aromatic nitrogens is 3. The average Bonchev–Trinajstić information content (AvgIpc) is 2.98. The number of carbonyl (C=O) groups excluding carboxylic acids is 1. The van der Waals surface area contributed by atoms with E-state index in [1.165, 1.54) is 19.1 Å². The number of anilines is 2. The predicted molar refractivity (Wildman–Crippen MR) is 109 cm³/mol. The Morgan fingerprint density at radius 3 is 2.62 bits per heavy atom. The summed E-state index contributed by atoms with van der Waals surface area (Å²) in [6, 6.07) is 15.2. The van der Waals surface area contributed by atoms with Crippen molar-refractivity contribution in [3.05, 3.63) is 72.3 Å². The van der Waals surface area contributed by atoms with Crippen LogP contribution in [0.15, 0.2) is 60.8 Å². The van der Waals surface area contributed by atoms with E-state index in [1.807, 2.05) is 29.8 Å². The number of carbonyl (C=O) groups is 1. The third-order valence-electron chi connectivity index (χ3n) is 4.41. The number of aryl methyl sites for hydroxylation is 1. The van der Waals surface area contributed by atoms with E-state index in [-0.39, 0.29) is 18.0 Å². The molecule has 0 aliphatic rings. The van der Waals surface area contributed by atoms with E-state index < -0.39 is 0 Å². The first-order valence-electron chi connectivity index (χ1n) is 9.09. The Kier molecular flexibility index (Phi) is 4.95. The Morgan fingerprint density at radius 2 is 1.86 bits per heavy atom. The molecular weight excluding hydrogens is 371 g/mol. The molecule has 1 N–H and O–H groups in total.